The van der Waals surface area contributed by atoms with Crippen LogP contribution in [0, 0.1) is 20.8 Å². The number of phenols is 1. The highest BCUT2D eigenvalue weighted by Crippen LogP contribution is 2.24. The summed E-state index contributed by atoms with van der Waals surface area (Å²) in [4.78, 5) is 12.1. The number of carbonyl (C=O) groups is 1. The number of benzene rings is 2. The molecule has 3 rings (SSSR count). The molecule has 0 spiro atoms. The second kappa shape index (κ2) is 7.80. The summed E-state index contributed by atoms with van der Waals surface area (Å²) in [6.45, 7) is 6.08. The first-order chi connectivity index (χ1) is 12.9. The van der Waals surface area contributed by atoms with Crippen molar-refractivity contribution in [3.05, 3.63) is 81.1 Å². The number of halogens is 1. The second-order valence-corrected chi connectivity index (χ2v) is 7.17. The average Bonchev–Trinajstić information content (AvgIpc) is 2.91. The maximum atomic E-state index is 12.1. The normalized spacial score (nSPS) is 11.1. The molecule has 1 amide bonds. The van der Waals surface area contributed by atoms with E-state index in [-0.39, 0.29) is 11.3 Å². The van der Waals surface area contributed by atoms with Crippen LogP contribution in [0.3, 0.4) is 0 Å². The minimum absolute atomic E-state index is 0.0756. The molecule has 2 N–H and O–H groups in total. The molecule has 0 saturated carbocycles. The Labute approximate surface area is 166 Å². The van der Waals surface area contributed by atoms with Gasteiger partial charge < -0.3 is 9.67 Å². The van der Waals surface area contributed by atoms with Crippen molar-refractivity contribution in [3.63, 3.8) is 0 Å². The van der Waals surface area contributed by atoms with Crippen molar-refractivity contribution in [1.82, 2.24) is 9.99 Å². The molecule has 0 saturated heterocycles. The summed E-state index contributed by atoms with van der Waals surface area (Å²) in [5, 5.41) is 13.8. The zero-order valence-electron chi connectivity index (χ0n) is 15.3. The van der Waals surface area contributed by atoms with Crippen LogP contribution < -0.4 is 5.43 Å². The van der Waals surface area contributed by atoms with Gasteiger partial charge in [-0.15, -0.1) is 0 Å². The molecule has 1 heterocycles. The highest BCUT2D eigenvalue weighted by molar-refractivity contribution is 9.10. The maximum Gasteiger partial charge on any atom is 0.275 e. The van der Waals surface area contributed by atoms with Crippen molar-refractivity contribution < 1.29 is 9.90 Å². The molecule has 0 bridgehead atoms. The van der Waals surface area contributed by atoms with Gasteiger partial charge in [0, 0.05) is 27.1 Å². The predicted molar refractivity (Wildman–Crippen MR) is 111 cm³/mol. The van der Waals surface area contributed by atoms with Gasteiger partial charge in [0.25, 0.3) is 5.91 Å². The molecule has 0 fully saturated rings. The molecular weight excluding hydrogens is 406 g/mol. The number of hydrazone groups is 1. The van der Waals surface area contributed by atoms with Gasteiger partial charge in [-0.3, -0.25) is 4.79 Å². The number of aryl methyl sites for hydroxylation is 2. The Morgan fingerprint density at radius 2 is 1.89 bits per heavy atom. The van der Waals surface area contributed by atoms with E-state index in [1.165, 1.54) is 11.6 Å². The molecule has 0 aliphatic heterocycles. The quantitative estimate of drug-likeness (QED) is 0.472. The lowest BCUT2D eigenvalue weighted by Gasteiger charge is -2.11. The molecule has 3 aromatic rings. The molecule has 0 radical (unpaired) electrons. The first kappa shape index (κ1) is 18.9. The van der Waals surface area contributed by atoms with Crippen molar-refractivity contribution in [1.29, 1.82) is 0 Å². The van der Waals surface area contributed by atoms with Crippen molar-refractivity contribution in [2.45, 2.75) is 20.8 Å². The minimum Gasteiger partial charge on any atom is -0.507 e. The molecule has 27 heavy (non-hydrogen) atoms. The number of para-hydroxylation sites is 1. The second-order valence-electron chi connectivity index (χ2n) is 6.31. The van der Waals surface area contributed by atoms with Gasteiger partial charge in [-0.25, -0.2) is 5.43 Å². The number of carbonyl (C=O) groups excluding carboxylic acids is 1. The highest BCUT2D eigenvalue weighted by atomic mass is 79.9. The molecule has 138 valence electrons. The van der Waals surface area contributed by atoms with Crippen LogP contribution in [0.2, 0.25) is 0 Å². The predicted octanol–water partition coefficient (Wildman–Crippen LogP) is 4.63. The number of phenolic OH excluding ortho intramolecular Hbond substituents is 1. The van der Waals surface area contributed by atoms with Crippen molar-refractivity contribution >= 4 is 28.1 Å². The smallest absolute Gasteiger partial charge is 0.275 e. The van der Waals surface area contributed by atoms with Gasteiger partial charge in [-0.1, -0.05) is 34.1 Å². The fourth-order valence-corrected chi connectivity index (χ4v) is 3.29. The third kappa shape index (κ3) is 3.95. The molecule has 0 aliphatic rings. The number of amides is 1. The Balaban J connectivity index is 1.82. The zero-order chi connectivity index (χ0) is 19.6. The molecule has 5 nitrogen and oxygen atoms in total. The van der Waals surface area contributed by atoms with Crippen molar-refractivity contribution in [3.8, 4) is 11.4 Å². The molecule has 1 aromatic heterocycles. The van der Waals surface area contributed by atoms with Gasteiger partial charge in [-0.05, 0) is 56.7 Å². The maximum absolute atomic E-state index is 12.1. The SMILES string of the molecule is Cc1ccc(-n2c(C)cc(/C=N/NC(=O)c3ccccc3O)c2C)cc1Br. The highest BCUT2D eigenvalue weighted by Gasteiger charge is 2.11. The lowest BCUT2D eigenvalue weighted by Crippen LogP contribution is -2.17. The number of rotatable bonds is 4. The van der Waals surface area contributed by atoms with Crippen LogP contribution >= 0.6 is 15.9 Å². The lowest BCUT2D eigenvalue weighted by atomic mass is 10.2. The summed E-state index contributed by atoms with van der Waals surface area (Å²) >= 11 is 3.58. The third-order valence-corrected chi connectivity index (χ3v) is 5.26. The van der Waals surface area contributed by atoms with E-state index < -0.39 is 5.91 Å². The number of hydrogen-bond donors (Lipinski definition) is 2. The molecule has 0 unspecified atom stereocenters. The number of aromatic nitrogens is 1. The average molecular weight is 426 g/mol. The summed E-state index contributed by atoms with van der Waals surface area (Å²) in [5.41, 5.74) is 7.86. The summed E-state index contributed by atoms with van der Waals surface area (Å²) < 4.78 is 3.19. The van der Waals surface area contributed by atoms with Crippen LogP contribution in [0.25, 0.3) is 5.69 Å². The van der Waals surface area contributed by atoms with Crippen LogP contribution in [0.15, 0.2) is 58.1 Å². The molecule has 6 heteroatoms. The number of aromatic hydroxyl groups is 1. The van der Waals surface area contributed by atoms with Gasteiger partial charge in [0.15, 0.2) is 0 Å². The van der Waals surface area contributed by atoms with E-state index in [9.17, 15) is 9.90 Å². The molecular formula is C21H20BrN3O2. The standard InChI is InChI=1S/C21H20BrN3O2/c1-13-8-9-17(11-19(13)22)25-14(2)10-16(15(25)3)12-23-24-21(27)18-6-4-5-7-20(18)26/h4-12,26H,1-3H3,(H,24,27)/b23-12+. The van der Waals surface area contributed by atoms with E-state index in [2.05, 4.69) is 56.1 Å². The monoisotopic (exact) mass is 425 g/mol. The Hall–Kier alpha value is -2.86. The Morgan fingerprint density at radius 3 is 2.59 bits per heavy atom. The van der Waals surface area contributed by atoms with Gasteiger partial charge >= 0.3 is 0 Å². The topological polar surface area (TPSA) is 66.6 Å². The fraction of sp³-hybridized carbons (Fsp3) is 0.143. The summed E-state index contributed by atoms with van der Waals surface area (Å²) in [7, 11) is 0. The van der Waals surface area contributed by atoms with Gasteiger partial charge in [0.05, 0.1) is 11.8 Å². The van der Waals surface area contributed by atoms with Gasteiger partial charge in [0.2, 0.25) is 0 Å². The van der Waals surface area contributed by atoms with Crippen LogP contribution in [0.1, 0.15) is 32.9 Å². The minimum atomic E-state index is -0.458. The van der Waals surface area contributed by atoms with Crippen LogP contribution in [0.4, 0.5) is 0 Å². The van der Waals surface area contributed by atoms with E-state index in [1.54, 1.807) is 24.4 Å². The summed E-state index contributed by atoms with van der Waals surface area (Å²) in [5.74, 6) is -0.533. The molecule has 0 aliphatic carbocycles. The van der Waals surface area contributed by atoms with E-state index in [1.807, 2.05) is 19.9 Å². The van der Waals surface area contributed by atoms with E-state index in [0.717, 1.165) is 27.1 Å². The van der Waals surface area contributed by atoms with Crippen molar-refractivity contribution in [2.75, 3.05) is 0 Å². The van der Waals surface area contributed by atoms with Crippen LogP contribution in [-0.2, 0) is 0 Å². The van der Waals surface area contributed by atoms with Gasteiger partial charge in [0.1, 0.15) is 5.75 Å². The first-order valence-corrected chi connectivity index (χ1v) is 9.24. The largest absolute Gasteiger partial charge is 0.507 e. The zero-order valence-corrected chi connectivity index (χ0v) is 16.9. The lowest BCUT2D eigenvalue weighted by molar-refractivity contribution is 0.0952. The molecule has 2 aromatic carbocycles. The van der Waals surface area contributed by atoms with E-state index >= 15 is 0 Å². The first-order valence-electron chi connectivity index (χ1n) is 8.45. The van der Waals surface area contributed by atoms with E-state index in [0.29, 0.717) is 0 Å². The van der Waals surface area contributed by atoms with Crippen LogP contribution in [-0.4, -0.2) is 21.8 Å². The number of nitrogens with zero attached hydrogens (tertiary/aromatic N) is 2. The Bertz CT molecular complexity index is 1040. The molecule has 0 atom stereocenters. The Kier molecular flexibility index (Phi) is 5.46. The third-order valence-electron chi connectivity index (χ3n) is 4.40. The number of hydrogen-bond acceptors (Lipinski definition) is 3. The fourth-order valence-electron chi connectivity index (χ4n) is 2.92. The van der Waals surface area contributed by atoms with Crippen molar-refractivity contribution in [2.24, 2.45) is 5.10 Å². The Morgan fingerprint density at radius 1 is 1.15 bits per heavy atom. The summed E-state index contributed by atoms with van der Waals surface area (Å²) in [6, 6.07) is 14.6. The summed E-state index contributed by atoms with van der Waals surface area (Å²) in [6.07, 6.45) is 1.61. The van der Waals surface area contributed by atoms with Gasteiger partial charge in [-0.2, -0.15) is 5.10 Å². The van der Waals surface area contributed by atoms with Crippen LogP contribution in [0.5, 0.6) is 5.75 Å². The van der Waals surface area contributed by atoms with E-state index in [4.69, 9.17) is 0 Å². The number of nitrogens with one attached hydrogen (secondary N) is 1.